The van der Waals surface area contributed by atoms with Gasteiger partial charge in [-0.2, -0.15) is 0 Å². The summed E-state index contributed by atoms with van der Waals surface area (Å²) < 4.78 is 13.2. The fourth-order valence-electron chi connectivity index (χ4n) is 1.37. The molecule has 5 nitrogen and oxygen atoms in total. The highest BCUT2D eigenvalue weighted by Crippen LogP contribution is 2.19. The Hall–Kier alpha value is -1.82. The normalized spacial score (nSPS) is 13.2. The number of carbonyl (C=O) groups is 1. The summed E-state index contributed by atoms with van der Waals surface area (Å²) in [6.07, 6.45) is 0.425. The van der Waals surface area contributed by atoms with E-state index in [1.165, 1.54) is 12.1 Å². The van der Waals surface area contributed by atoms with Gasteiger partial charge in [-0.25, -0.2) is 4.39 Å². The molecule has 0 heterocycles. The summed E-state index contributed by atoms with van der Waals surface area (Å²) in [5.74, 6) is -1.39. The summed E-state index contributed by atoms with van der Waals surface area (Å²) in [7, 11) is 0. The van der Waals surface area contributed by atoms with Gasteiger partial charge in [0.25, 0.3) is 5.91 Å². The molecule has 0 bridgehead atoms. The second-order valence-corrected chi connectivity index (χ2v) is 3.94. The van der Waals surface area contributed by atoms with Gasteiger partial charge >= 0.3 is 0 Å². The lowest BCUT2D eigenvalue weighted by Gasteiger charge is -2.15. The van der Waals surface area contributed by atoms with E-state index in [9.17, 15) is 9.18 Å². The molecule has 1 rings (SSSR count). The first-order valence-corrected chi connectivity index (χ1v) is 5.61. The molecule has 0 aliphatic heterocycles. The largest absolute Gasteiger partial charge is 0.409 e. The van der Waals surface area contributed by atoms with Gasteiger partial charge in [-0.1, -0.05) is 29.7 Å². The van der Waals surface area contributed by atoms with Crippen LogP contribution >= 0.6 is 11.6 Å². The smallest absolute Gasteiger partial charge is 0.253 e. The fourth-order valence-corrected chi connectivity index (χ4v) is 1.58. The fraction of sp³-hybridized carbons (Fsp3) is 0.273. The van der Waals surface area contributed by atoms with Crippen LogP contribution in [0.4, 0.5) is 4.39 Å². The minimum absolute atomic E-state index is 0.000793. The SMILES string of the molecule is CCC(NC(=O)c1cccc(F)c1Cl)/C(N)=N/O. The van der Waals surface area contributed by atoms with E-state index in [1.807, 2.05) is 0 Å². The van der Waals surface area contributed by atoms with Crippen LogP contribution in [0.15, 0.2) is 23.4 Å². The van der Waals surface area contributed by atoms with Crippen molar-refractivity contribution in [2.75, 3.05) is 0 Å². The van der Waals surface area contributed by atoms with Crippen molar-refractivity contribution < 1.29 is 14.4 Å². The Morgan fingerprint density at radius 2 is 2.33 bits per heavy atom. The minimum Gasteiger partial charge on any atom is -0.409 e. The molecule has 0 aromatic heterocycles. The third kappa shape index (κ3) is 3.10. The molecule has 0 radical (unpaired) electrons. The first-order chi connectivity index (χ1) is 8.51. The van der Waals surface area contributed by atoms with Crippen molar-refractivity contribution in [1.29, 1.82) is 0 Å². The van der Waals surface area contributed by atoms with Gasteiger partial charge in [0.05, 0.1) is 16.6 Å². The van der Waals surface area contributed by atoms with Crippen LogP contribution in [0.1, 0.15) is 23.7 Å². The Morgan fingerprint density at radius 3 is 2.89 bits per heavy atom. The van der Waals surface area contributed by atoms with Gasteiger partial charge in [0.15, 0.2) is 5.84 Å². The van der Waals surface area contributed by atoms with E-state index in [4.69, 9.17) is 22.5 Å². The molecule has 0 spiro atoms. The topological polar surface area (TPSA) is 87.7 Å². The summed E-state index contributed by atoms with van der Waals surface area (Å²) in [5, 5.41) is 13.6. The first kappa shape index (κ1) is 14.2. The number of rotatable bonds is 4. The molecule has 0 aliphatic rings. The number of nitrogens with zero attached hydrogens (tertiary/aromatic N) is 1. The minimum atomic E-state index is -0.679. The van der Waals surface area contributed by atoms with Gasteiger partial charge in [0.1, 0.15) is 5.82 Å². The van der Waals surface area contributed by atoms with Crippen LogP contribution in [0.25, 0.3) is 0 Å². The second-order valence-electron chi connectivity index (χ2n) is 3.56. The molecule has 1 atom stereocenters. The van der Waals surface area contributed by atoms with Crippen molar-refractivity contribution in [3.63, 3.8) is 0 Å². The van der Waals surface area contributed by atoms with E-state index in [0.717, 1.165) is 6.07 Å². The Kier molecular flexibility index (Phi) is 4.91. The molecule has 0 fully saturated rings. The molecule has 1 aromatic carbocycles. The zero-order valence-electron chi connectivity index (χ0n) is 9.65. The predicted molar refractivity (Wildman–Crippen MR) is 66.4 cm³/mol. The van der Waals surface area contributed by atoms with Crippen LogP contribution in [0.3, 0.4) is 0 Å². The Bertz CT molecular complexity index is 479. The lowest BCUT2D eigenvalue weighted by Crippen LogP contribution is -2.44. The summed E-state index contributed by atoms with van der Waals surface area (Å²) in [4.78, 5) is 11.9. The number of hydrogen-bond acceptors (Lipinski definition) is 3. The summed E-state index contributed by atoms with van der Waals surface area (Å²) in [5.41, 5.74) is 5.40. The van der Waals surface area contributed by atoms with Crippen LogP contribution < -0.4 is 11.1 Å². The van der Waals surface area contributed by atoms with Crippen LogP contribution in [0.5, 0.6) is 0 Å². The Labute approximate surface area is 108 Å². The van der Waals surface area contributed by atoms with E-state index >= 15 is 0 Å². The van der Waals surface area contributed by atoms with E-state index in [-0.39, 0.29) is 16.4 Å². The van der Waals surface area contributed by atoms with Crippen LogP contribution in [0, 0.1) is 5.82 Å². The number of hydrogen-bond donors (Lipinski definition) is 3. The lowest BCUT2D eigenvalue weighted by atomic mass is 10.1. The van der Waals surface area contributed by atoms with Crippen LogP contribution in [-0.4, -0.2) is 23.0 Å². The maximum atomic E-state index is 13.2. The van der Waals surface area contributed by atoms with Crippen LogP contribution in [0.2, 0.25) is 5.02 Å². The number of amides is 1. The van der Waals surface area contributed by atoms with Crippen LogP contribution in [-0.2, 0) is 0 Å². The number of carbonyl (C=O) groups excluding carboxylic acids is 1. The molecular formula is C11H13ClFN3O2. The quantitative estimate of drug-likeness (QED) is 0.338. The third-order valence-electron chi connectivity index (χ3n) is 2.38. The average Bonchev–Trinajstić information content (AvgIpc) is 2.37. The molecule has 1 amide bonds. The van der Waals surface area contributed by atoms with Gasteiger partial charge in [-0.15, -0.1) is 0 Å². The predicted octanol–water partition coefficient (Wildman–Crippen LogP) is 1.73. The summed E-state index contributed by atoms with van der Waals surface area (Å²) in [6.45, 7) is 1.75. The highest BCUT2D eigenvalue weighted by atomic mass is 35.5. The summed E-state index contributed by atoms with van der Waals surface area (Å²) in [6, 6.07) is 3.28. The third-order valence-corrected chi connectivity index (χ3v) is 2.77. The monoisotopic (exact) mass is 273 g/mol. The maximum absolute atomic E-state index is 13.2. The Balaban J connectivity index is 2.91. The molecule has 1 aromatic rings. The maximum Gasteiger partial charge on any atom is 0.253 e. The van der Waals surface area contributed by atoms with Gasteiger partial charge in [0, 0.05) is 0 Å². The number of oxime groups is 1. The molecule has 18 heavy (non-hydrogen) atoms. The van der Waals surface area contributed by atoms with E-state index in [2.05, 4.69) is 10.5 Å². The van der Waals surface area contributed by atoms with E-state index < -0.39 is 17.8 Å². The van der Waals surface area contributed by atoms with Crippen molar-refractivity contribution >= 4 is 23.3 Å². The number of nitrogens with one attached hydrogen (secondary N) is 1. The van der Waals surface area contributed by atoms with Crippen molar-refractivity contribution in [2.24, 2.45) is 10.9 Å². The highest BCUT2D eigenvalue weighted by Gasteiger charge is 2.19. The average molecular weight is 274 g/mol. The van der Waals surface area contributed by atoms with Crippen molar-refractivity contribution in [3.8, 4) is 0 Å². The van der Waals surface area contributed by atoms with Gasteiger partial charge in [-0.3, -0.25) is 4.79 Å². The number of nitrogens with two attached hydrogens (primary N) is 1. The van der Waals surface area contributed by atoms with Crippen molar-refractivity contribution in [1.82, 2.24) is 5.32 Å². The molecule has 1 unspecified atom stereocenters. The zero-order valence-corrected chi connectivity index (χ0v) is 10.4. The Morgan fingerprint density at radius 1 is 1.67 bits per heavy atom. The molecule has 4 N–H and O–H groups in total. The van der Waals surface area contributed by atoms with E-state index in [0.29, 0.717) is 6.42 Å². The first-order valence-electron chi connectivity index (χ1n) is 5.23. The lowest BCUT2D eigenvalue weighted by molar-refractivity contribution is 0.0945. The van der Waals surface area contributed by atoms with Crippen molar-refractivity contribution in [3.05, 3.63) is 34.6 Å². The molecule has 0 aliphatic carbocycles. The summed E-state index contributed by atoms with van der Waals surface area (Å²) >= 11 is 5.68. The second kappa shape index (κ2) is 6.20. The standard InChI is InChI=1S/C11H13ClFN3O2/c1-2-8(10(14)16-18)15-11(17)6-4-3-5-7(13)9(6)12/h3-5,8,18H,2H2,1H3,(H2,14,16)(H,15,17). The molecule has 0 saturated heterocycles. The molecule has 0 saturated carbocycles. The molecular weight excluding hydrogens is 261 g/mol. The van der Waals surface area contributed by atoms with Gasteiger partial charge in [-0.05, 0) is 18.6 Å². The van der Waals surface area contributed by atoms with Crippen molar-refractivity contribution in [2.45, 2.75) is 19.4 Å². The highest BCUT2D eigenvalue weighted by molar-refractivity contribution is 6.34. The number of amidine groups is 1. The number of benzene rings is 1. The zero-order chi connectivity index (χ0) is 13.7. The number of halogens is 2. The van der Waals surface area contributed by atoms with Gasteiger partial charge < -0.3 is 16.3 Å². The van der Waals surface area contributed by atoms with E-state index in [1.54, 1.807) is 6.92 Å². The molecule has 98 valence electrons. The molecule has 7 heteroatoms. The van der Waals surface area contributed by atoms with Gasteiger partial charge in [0.2, 0.25) is 0 Å².